The van der Waals surface area contributed by atoms with E-state index in [9.17, 15) is 0 Å². The molecule has 1 fully saturated rings. The number of hydrogen-bond donors (Lipinski definition) is 1. The number of thiophene rings is 1. The Bertz CT molecular complexity index is 424. The molecule has 1 aliphatic heterocycles. The molecule has 0 spiro atoms. The Kier molecular flexibility index (Phi) is 3.69. The highest BCUT2D eigenvalue weighted by Crippen LogP contribution is 2.38. The maximum absolute atomic E-state index is 6.00. The number of nitrogens with two attached hydrogens (primary N) is 1. The summed E-state index contributed by atoms with van der Waals surface area (Å²) in [6.07, 6.45) is 2.06. The molecule has 1 aliphatic rings. The molecule has 2 N–H and O–H groups in total. The Morgan fingerprint density at radius 2 is 1.94 bits per heavy atom. The van der Waals surface area contributed by atoms with Gasteiger partial charge in [-0.1, -0.05) is 6.07 Å². The predicted octanol–water partition coefficient (Wildman–Crippen LogP) is 2.72. The fraction of sp³-hybridized carbons (Fsp3) is 0.538. The van der Waals surface area contributed by atoms with Crippen molar-refractivity contribution < 1.29 is 9.31 Å². The summed E-state index contributed by atoms with van der Waals surface area (Å²) in [5.74, 6) is 0. The van der Waals surface area contributed by atoms with Gasteiger partial charge in [0.25, 0.3) is 0 Å². The van der Waals surface area contributed by atoms with Gasteiger partial charge in [0, 0.05) is 11.4 Å². The van der Waals surface area contributed by atoms with Crippen molar-refractivity contribution in [3.8, 4) is 0 Å². The van der Waals surface area contributed by atoms with Crippen LogP contribution in [0.25, 0.3) is 6.08 Å². The van der Waals surface area contributed by atoms with Crippen LogP contribution in [0.4, 0.5) is 0 Å². The second-order valence-electron chi connectivity index (χ2n) is 5.53. The zero-order valence-corrected chi connectivity index (χ0v) is 12.2. The summed E-state index contributed by atoms with van der Waals surface area (Å²) in [6, 6.07) is 4.08. The standard InChI is InChI=1S/C13H20BNO2S/c1-12(2)13(3,4)17-14(16-12)10(9-15)8-11-6-5-7-18-11/h5-8H,9,15H2,1-4H3. The van der Waals surface area contributed by atoms with E-state index >= 15 is 0 Å². The van der Waals surface area contributed by atoms with E-state index in [2.05, 4.69) is 12.1 Å². The Labute approximate surface area is 113 Å². The van der Waals surface area contributed by atoms with Gasteiger partial charge in [0.15, 0.2) is 0 Å². The van der Waals surface area contributed by atoms with Gasteiger partial charge in [0.1, 0.15) is 0 Å². The summed E-state index contributed by atoms with van der Waals surface area (Å²) in [5, 5.41) is 2.05. The molecule has 18 heavy (non-hydrogen) atoms. The highest BCUT2D eigenvalue weighted by atomic mass is 32.1. The molecule has 0 aromatic carbocycles. The van der Waals surface area contributed by atoms with Gasteiger partial charge in [0.05, 0.1) is 11.2 Å². The van der Waals surface area contributed by atoms with Crippen molar-refractivity contribution in [2.45, 2.75) is 38.9 Å². The molecule has 0 atom stereocenters. The second kappa shape index (κ2) is 4.81. The molecule has 1 aromatic rings. The van der Waals surface area contributed by atoms with E-state index in [-0.39, 0.29) is 18.3 Å². The molecule has 0 aliphatic carbocycles. The predicted molar refractivity (Wildman–Crippen MR) is 77.4 cm³/mol. The summed E-state index contributed by atoms with van der Waals surface area (Å²) in [5.41, 5.74) is 6.17. The Morgan fingerprint density at radius 1 is 1.33 bits per heavy atom. The first kappa shape index (κ1) is 13.8. The molecular formula is C13H20BNO2S. The molecule has 5 heteroatoms. The first-order valence-corrected chi connectivity index (χ1v) is 7.03. The zero-order valence-electron chi connectivity index (χ0n) is 11.4. The minimum Gasteiger partial charge on any atom is -0.400 e. The highest BCUT2D eigenvalue weighted by Gasteiger charge is 2.52. The van der Waals surface area contributed by atoms with Crippen molar-refractivity contribution in [2.75, 3.05) is 6.54 Å². The van der Waals surface area contributed by atoms with Crippen LogP contribution in [0, 0.1) is 0 Å². The van der Waals surface area contributed by atoms with Crippen LogP contribution in [0.5, 0.6) is 0 Å². The summed E-state index contributed by atoms with van der Waals surface area (Å²) in [7, 11) is -0.345. The van der Waals surface area contributed by atoms with Crippen LogP contribution in [0.3, 0.4) is 0 Å². The lowest BCUT2D eigenvalue weighted by Crippen LogP contribution is -2.41. The molecular weight excluding hydrogens is 245 g/mol. The van der Waals surface area contributed by atoms with E-state index in [1.165, 1.54) is 4.88 Å². The van der Waals surface area contributed by atoms with E-state index in [1.807, 2.05) is 39.1 Å². The average molecular weight is 265 g/mol. The van der Waals surface area contributed by atoms with Gasteiger partial charge >= 0.3 is 7.12 Å². The van der Waals surface area contributed by atoms with Crippen molar-refractivity contribution in [1.29, 1.82) is 0 Å². The molecule has 2 heterocycles. The fourth-order valence-corrected chi connectivity index (χ4v) is 2.46. The van der Waals surface area contributed by atoms with Gasteiger partial charge in [-0.25, -0.2) is 0 Å². The monoisotopic (exact) mass is 265 g/mol. The van der Waals surface area contributed by atoms with Gasteiger partial charge in [-0.3, -0.25) is 0 Å². The lowest BCUT2D eigenvalue weighted by Gasteiger charge is -2.32. The smallest absolute Gasteiger partial charge is 0.400 e. The molecule has 0 bridgehead atoms. The van der Waals surface area contributed by atoms with E-state index in [4.69, 9.17) is 15.0 Å². The number of hydrogen-bond acceptors (Lipinski definition) is 4. The van der Waals surface area contributed by atoms with Gasteiger partial charge in [0.2, 0.25) is 0 Å². The van der Waals surface area contributed by atoms with Gasteiger partial charge in [-0.05, 0) is 50.7 Å². The quantitative estimate of drug-likeness (QED) is 0.854. The Hall–Kier alpha value is -0.615. The summed E-state index contributed by atoms with van der Waals surface area (Å²) >= 11 is 1.68. The maximum Gasteiger partial charge on any atom is 0.491 e. The molecule has 0 radical (unpaired) electrons. The average Bonchev–Trinajstić information content (AvgIpc) is 2.82. The molecule has 1 saturated heterocycles. The molecule has 1 aromatic heterocycles. The van der Waals surface area contributed by atoms with Gasteiger partial charge in [-0.15, -0.1) is 11.3 Å². The van der Waals surface area contributed by atoms with Crippen LogP contribution >= 0.6 is 11.3 Å². The zero-order chi connectivity index (χ0) is 13.4. The fourth-order valence-electron chi connectivity index (χ4n) is 1.77. The number of rotatable bonds is 3. The van der Waals surface area contributed by atoms with E-state index in [0.29, 0.717) is 6.54 Å². The minimum atomic E-state index is -0.345. The largest absolute Gasteiger partial charge is 0.491 e. The lowest BCUT2D eigenvalue weighted by atomic mass is 9.77. The third kappa shape index (κ3) is 2.54. The van der Waals surface area contributed by atoms with E-state index in [1.54, 1.807) is 11.3 Å². The van der Waals surface area contributed by atoms with Crippen LogP contribution in [-0.4, -0.2) is 24.9 Å². The van der Waals surface area contributed by atoms with Crippen molar-refractivity contribution in [2.24, 2.45) is 5.73 Å². The van der Waals surface area contributed by atoms with Crippen LogP contribution in [0.1, 0.15) is 32.6 Å². The topological polar surface area (TPSA) is 44.5 Å². The molecule has 0 unspecified atom stereocenters. The van der Waals surface area contributed by atoms with Crippen LogP contribution in [0.15, 0.2) is 23.0 Å². The minimum absolute atomic E-state index is 0.318. The Balaban J connectivity index is 2.22. The maximum atomic E-state index is 6.00. The first-order chi connectivity index (χ1) is 8.36. The van der Waals surface area contributed by atoms with Crippen LogP contribution < -0.4 is 5.73 Å². The molecule has 0 amide bonds. The summed E-state index contributed by atoms with van der Waals surface area (Å²) in [4.78, 5) is 1.17. The van der Waals surface area contributed by atoms with Crippen molar-refractivity contribution in [3.05, 3.63) is 27.9 Å². The van der Waals surface area contributed by atoms with Crippen molar-refractivity contribution >= 4 is 24.5 Å². The first-order valence-electron chi connectivity index (χ1n) is 6.15. The normalized spacial score (nSPS) is 22.5. The van der Waals surface area contributed by atoms with E-state index in [0.717, 1.165) is 5.47 Å². The second-order valence-corrected chi connectivity index (χ2v) is 6.51. The summed E-state index contributed by atoms with van der Waals surface area (Å²) < 4.78 is 12.0. The molecule has 2 rings (SSSR count). The summed E-state index contributed by atoms with van der Waals surface area (Å²) in [6.45, 7) is 8.63. The lowest BCUT2D eigenvalue weighted by molar-refractivity contribution is 0.00578. The van der Waals surface area contributed by atoms with E-state index < -0.39 is 0 Å². The Morgan fingerprint density at radius 3 is 2.39 bits per heavy atom. The van der Waals surface area contributed by atoms with Crippen molar-refractivity contribution in [1.82, 2.24) is 0 Å². The van der Waals surface area contributed by atoms with Crippen molar-refractivity contribution in [3.63, 3.8) is 0 Å². The van der Waals surface area contributed by atoms with Gasteiger partial charge < -0.3 is 15.0 Å². The van der Waals surface area contributed by atoms with Crippen LogP contribution in [0.2, 0.25) is 0 Å². The van der Waals surface area contributed by atoms with Crippen LogP contribution in [-0.2, 0) is 9.31 Å². The van der Waals surface area contributed by atoms with Gasteiger partial charge in [-0.2, -0.15) is 0 Å². The highest BCUT2D eigenvalue weighted by molar-refractivity contribution is 7.10. The molecule has 0 saturated carbocycles. The SMILES string of the molecule is CC1(C)OB(C(=Cc2cccs2)CN)OC1(C)C. The third-order valence-electron chi connectivity index (χ3n) is 3.66. The molecule has 98 valence electrons. The molecule has 3 nitrogen and oxygen atoms in total. The third-order valence-corrected chi connectivity index (χ3v) is 4.48.